The molecule has 0 aliphatic carbocycles. The molecule has 57 valence electrons. The molecule has 0 aromatic heterocycles. The van der Waals surface area contributed by atoms with Gasteiger partial charge in [0.05, 0.1) is 6.04 Å². The lowest BCUT2D eigenvalue weighted by Crippen LogP contribution is -2.30. The molecule has 1 radical (unpaired) electrons. The number of carbonyl (C=O) groups excluding carboxylic acids is 1. The third-order valence-electron chi connectivity index (χ3n) is 1.87. The van der Waals surface area contributed by atoms with Crippen LogP contribution in [0.3, 0.4) is 0 Å². The van der Waals surface area contributed by atoms with Crippen LogP contribution in [0.4, 0.5) is 0 Å². The lowest BCUT2D eigenvalue weighted by Gasteiger charge is -2.06. The molecule has 0 spiro atoms. The molecule has 2 heteroatoms. The van der Waals surface area contributed by atoms with Gasteiger partial charge in [-0.15, -0.1) is 0 Å². The Hall–Kier alpha value is -0.370. The van der Waals surface area contributed by atoms with Gasteiger partial charge in [-0.05, 0) is 25.8 Å². The predicted octanol–water partition coefficient (Wildman–Crippen LogP) is 0.922. The van der Waals surface area contributed by atoms with Crippen molar-refractivity contribution in [1.82, 2.24) is 5.32 Å². The van der Waals surface area contributed by atoms with E-state index >= 15 is 0 Å². The minimum Gasteiger partial charge on any atom is -0.307 e. The molecule has 0 aromatic rings. The molecule has 1 heterocycles. The van der Waals surface area contributed by atoms with Crippen LogP contribution in [0.5, 0.6) is 0 Å². The smallest absolute Gasteiger partial charge is 0.149 e. The Morgan fingerprint density at radius 2 is 2.50 bits per heavy atom. The SMILES string of the molecule is [CH2]CCC(=O)C1CCCN1. The molecule has 0 aromatic carbocycles. The van der Waals surface area contributed by atoms with Crippen LogP contribution in [-0.2, 0) is 4.79 Å². The molecule has 0 amide bonds. The normalized spacial score (nSPS) is 25.1. The largest absolute Gasteiger partial charge is 0.307 e. The van der Waals surface area contributed by atoms with Crippen LogP contribution in [0.2, 0.25) is 0 Å². The lowest BCUT2D eigenvalue weighted by molar-refractivity contribution is -0.120. The van der Waals surface area contributed by atoms with Crippen molar-refractivity contribution >= 4 is 5.78 Å². The number of hydrogen-bond acceptors (Lipinski definition) is 2. The quantitative estimate of drug-likeness (QED) is 0.631. The van der Waals surface area contributed by atoms with Crippen molar-refractivity contribution in [2.75, 3.05) is 6.54 Å². The number of rotatable bonds is 3. The summed E-state index contributed by atoms with van der Waals surface area (Å²) in [5.41, 5.74) is 0. The molecule has 1 aliphatic rings. The van der Waals surface area contributed by atoms with E-state index in [0.29, 0.717) is 12.2 Å². The molecule has 1 N–H and O–H groups in total. The van der Waals surface area contributed by atoms with E-state index in [2.05, 4.69) is 12.2 Å². The van der Waals surface area contributed by atoms with Gasteiger partial charge in [0, 0.05) is 6.42 Å². The average molecular weight is 140 g/mol. The fourth-order valence-electron chi connectivity index (χ4n) is 1.31. The summed E-state index contributed by atoms with van der Waals surface area (Å²) in [6.45, 7) is 4.66. The minimum absolute atomic E-state index is 0.154. The fraction of sp³-hybridized carbons (Fsp3) is 0.750. The van der Waals surface area contributed by atoms with Crippen molar-refractivity contribution < 1.29 is 4.79 Å². The first-order valence-corrected chi connectivity index (χ1v) is 3.90. The van der Waals surface area contributed by atoms with E-state index in [-0.39, 0.29) is 6.04 Å². The second-order valence-corrected chi connectivity index (χ2v) is 2.72. The van der Waals surface area contributed by atoms with Crippen molar-refractivity contribution in [3.8, 4) is 0 Å². The van der Waals surface area contributed by atoms with E-state index in [0.717, 1.165) is 25.8 Å². The Bertz CT molecular complexity index is 116. The van der Waals surface area contributed by atoms with Crippen LogP contribution in [0.1, 0.15) is 25.7 Å². The molecule has 1 unspecified atom stereocenters. The topological polar surface area (TPSA) is 29.1 Å². The molecule has 1 saturated heterocycles. The first-order valence-electron chi connectivity index (χ1n) is 3.90. The summed E-state index contributed by atoms with van der Waals surface area (Å²) in [5, 5.41) is 3.16. The number of ketones is 1. The number of Topliss-reactive ketones (excluding diaryl/α,β-unsaturated/α-hetero) is 1. The molecule has 10 heavy (non-hydrogen) atoms. The second-order valence-electron chi connectivity index (χ2n) is 2.72. The standard InChI is InChI=1S/C8H14NO/c1-2-4-8(10)7-5-3-6-9-7/h7,9H,1-6H2. The zero-order valence-corrected chi connectivity index (χ0v) is 6.23. The second kappa shape index (κ2) is 3.71. The maximum absolute atomic E-state index is 11.1. The van der Waals surface area contributed by atoms with E-state index in [1.165, 1.54) is 0 Å². The average Bonchev–Trinajstić information content (AvgIpc) is 2.38. The third kappa shape index (κ3) is 1.81. The van der Waals surface area contributed by atoms with Gasteiger partial charge in [0.1, 0.15) is 5.78 Å². The van der Waals surface area contributed by atoms with Gasteiger partial charge in [0.25, 0.3) is 0 Å². The Labute approximate surface area is 62.0 Å². The highest BCUT2D eigenvalue weighted by atomic mass is 16.1. The van der Waals surface area contributed by atoms with Crippen molar-refractivity contribution in [1.29, 1.82) is 0 Å². The van der Waals surface area contributed by atoms with E-state index in [9.17, 15) is 4.79 Å². The van der Waals surface area contributed by atoms with Crippen molar-refractivity contribution in [3.05, 3.63) is 6.92 Å². The summed E-state index contributed by atoms with van der Waals surface area (Å²) in [4.78, 5) is 11.1. The van der Waals surface area contributed by atoms with Gasteiger partial charge >= 0.3 is 0 Å². The highest BCUT2D eigenvalue weighted by Crippen LogP contribution is 2.08. The maximum atomic E-state index is 11.1. The fourth-order valence-corrected chi connectivity index (χ4v) is 1.31. The van der Waals surface area contributed by atoms with Crippen LogP contribution >= 0.6 is 0 Å². The lowest BCUT2D eigenvalue weighted by atomic mass is 10.1. The van der Waals surface area contributed by atoms with Gasteiger partial charge in [0.15, 0.2) is 0 Å². The van der Waals surface area contributed by atoms with Gasteiger partial charge in [-0.2, -0.15) is 0 Å². The predicted molar refractivity (Wildman–Crippen MR) is 40.6 cm³/mol. The molecular formula is C8H14NO. The Morgan fingerprint density at radius 3 is 3.00 bits per heavy atom. The van der Waals surface area contributed by atoms with E-state index in [1.807, 2.05) is 0 Å². The zero-order valence-electron chi connectivity index (χ0n) is 6.23. The first kappa shape index (κ1) is 7.73. The number of carbonyl (C=O) groups is 1. The van der Waals surface area contributed by atoms with Crippen LogP contribution in [0.15, 0.2) is 0 Å². The van der Waals surface area contributed by atoms with Gasteiger partial charge in [-0.3, -0.25) is 4.79 Å². The molecule has 1 aliphatic heterocycles. The van der Waals surface area contributed by atoms with Gasteiger partial charge in [0.2, 0.25) is 0 Å². The van der Waals surface area contributed by atoms with Crippen LogP contribution in [0.25, 0.3) is 0 Å². The highest BCUT2D eigenvalue weighted by molar-refractivity contribution is 5.84. The maximum Gasteiger partial charge on any atom is 0.149 e. The Kier molecular flexibility index (Phi) is 2.87. The van der Waals surface area contributed by atoms with Gasteiger partial charge in [-0.1, -0.05) is 6.92 Å². The molecule has 0 saturated carbocycles. The van der Waals surface area contributed by atoms with Crippen LogP contribution < -0.4 is 5.32 Å². The summed E-state index contributed by atoms with van der Waals surface area (Å²) in [5.74, 6) is 0.340. The summed E-state index contributed by atoms with van der Waals surface area (Å²) in [6.07, 6.45) is 3.54. The summed E-state index contributed by atoms with van der Waals surface area (Å²) < 4.78 is 0. The van der Waals surface area contributed by atoms with Gasteiger partial charge < -0.3 is 5.32 Å². The van der Waals surface area contributed by atoms with E-state index in [4.69, 9.17) is 0 Å². The Morgan fingerprint density at radius 1 is 1.70 bits per heavy atom. The van der Waals surface area contributed by atoms with Crippen molar-refractivity contribution in [3.63, 3.8) is 0 Å². The molecular weight excluding hydrogens is 126 g/mol. The molecule has 2 nitrogen and oxygen atoms in total. The molecule has 1 fully saturated rings. The molecule has 1 atom stereocenters. The third-order valence-corrected chi connectivity index (χ3v) is 1.87. The van der Waals surface area contributed by atoms with Crippen LogP contribution in [-0.4, -0.2) is 18.4 Å². The van der Waals surface area contributed by atoms with E-state index < -0.39 is 0 Å². The van der Waals surface area contributed by atoms with Crippen molar-refractivity contribution in [2.45, 2.75) is 31.7 Å². The van der Waals surface area contributed by atoms with E-state index in [1.54, 1.807) is 0 Å². The molecule has 0 bridgehead atoms. The number of hydrogen-bond donors (Lipinski definition) is 1. The first-order chi connectivity index (χ1) is 4.84. The zero-order chi connectivity index (χ0) is 7.40. The summed E-state index contributed by atoms with van der Waals surface area (Å²) in [6, 6.07) is 0.154. The van der Waals surface area contributed by atoms with Crippen LogP contribution in [0, 0.1) is 6.92 Å². The highest BCUT2D eigenvalue weighted by Gasteiger charge is 2.20. The Balaban J connectivity index is 2.25. The summed E-state index contributed by atoms with van der Waals surface area (Å²) in [7, 11) is 0. The van der Waals surface area contributed by atoms with Crippen molar-refractivity contribution in [2.24, 2.45) is 0 Å². The monoisotopic (exact) mass is 140 g/mol. The minimum atomic E-state index is 0.154. The van der Waals surface area contributed by atoms with Gasteiger partial charge in [-0.25, -0.2) is 0 Å². The number of nitrogens with one attached hydrogen (secondary N) is 1. The molecule has 1 rings (SSSR count). The summed E-state index contributed by atoms with van der Waals surface area (Å²) >= 11 is 0.